The minimum atomic E-state index is -0.647. The first-order valence-corrected chi connectivity index (χ1v) is 10.6. The van der Waals surface area contributed by atoms with Crippen LogP contribution in [0.15, 0.2) is 64.9 Å². The van der Waals surface area contributed by atoms with Crippen LogP contribution >= 0.6 is 0 Å². The van der Waals surface area contributed by atoms with E-state index in [1.54, 1.807) is 20.2 Å². The molecule has 2 heterocycles. The summed E-state index contributed by atoms with van der Waals surface area (Å²) in [5.74, 6) is -0.704. The third-order valence-corrected chi connectivity index (χ3v) is 6.00. The summed E-state index contributed by atoms with van der Waals surface area (Å²) in [6.07, 6.45) is 2.68. The lowest BCUT2D eigenvalue weighted by Gasteiger charge is -2.36. The number of carbonyl (C=O) groups excluding carboxylic acids is 2. The third kappa shape index (κ3) is 4.02. The van der Waals surface area contributed by atoms with Gasteiger partial charge < -0.3 is 9.47 Å². The molecule has 6 nitrogen and oxygen atoms in total. The molecule has 1 unspecified atom stereocenters. The van der Waals surface area contributed by atoms with E-state index >= 15 is 0 Å². The van der Waals surface area contributed by atoms with Crippen molar-refractivity contribution in [2.45, 2.75) is 38.5 Å². The zero-order chi connectivity index (χ0) is 22.0. The summed E-state index contributed by atoms with van der Waals surface area (Å²) in [5.41, 5.74) is 3.75. The molecule has 0 amide bonds. The van der Waals surface area contributed by atoms with E-state index in [0.717, 1.165) is 17.0 Å². The highest BCUT2D eigenvalue weighted by Gasteiger charge is 2.45. The van der Waals surface area contributed by atoms with Gasteiger partial charge in [-0.05, 0) is 56.0 Å². The average molecular weight is 418 g/mol. The number of benzene rings is 1. The molecule has 4 rings (SSSR count). The van der Waals surface area contributed by atoms with Crippen molar-refractivity contribution < 1.29 is 19.1 Å². The van der Waals surface area contributed by atoms with E-state index in [4.69, 9.17) is 14.5 Å². The predicted molar refractivity (Wildman–Crippen MR) is 117 cm³/mol. The normalized spacial score (nSPS) is 23.1. The predicted octanol–water partition coefficient (Wildman–Crippen LogP) is 4.23. The number of aliphatic imine (C=N–C) groups is 1. The summed E-state index contributed by atoms with van der Waals surface area (Å²) in [6, 6.07) is 13.4. The Morgan fingerprint density at radius 2 is 2.00 bits per heavy atom. The number of aromatic nitrogens is 1. The summed E-state index contributed by atoms with van der Waals surface area (Å²) in [6.45, 7) is 3.88. The lowest BCUT2D eigenvalue weighted by Crippen LogP contribution is -2.38. The number of hydrogen-bond donors (Lipinski definition) is 0. The maximum absolute atomic E-state index is 13.4. The first-order chi connectivity index (χ1) is 15.0. The molecule has 0 saturated heterocycles. The SMILES string of the molecule is CCOC(=O)C1C(C)=NC2=C(C(=O)C[C@@H](c3cccc(OC)c3)C2)[C@@H]1c1ccccn1. The van der Waals surface area contributed by atoms with Crippen molar-refractivity contribution in [3.8, 4) is 5.75 Å². The smallest absolute Gasteiger partial charge is 0.315 e. The Balaban J connectivity index is 1.77. The molecule has 6 heteroatoms. The molecule has 0 N–H and O–H groups in total. The molecule has 1 aliphatic carbocycles. The van der Waals surface area contributed by atoms with Gasteiger partial charge in [0.05, 0.1) is 19.6 Å². The molecular weight excluding hydrogens is 392 g/mol. The third-order valence-electron chi connectivity index (χ3n) is 6.00. The van der Waals surface area contributed by atoms with Crippen LogP contribution in [0.25, 0.3) is 0 Å². The van der Waals surface area contributed by atoms with E-state index in [0.29, 0.717) is 29.8 Å². The van der Waals surface area contributed by atoms with Crippen LogP contribution in [0, 0.1) is 5.92 Å². The van der Waals surface area contributed by atoms with Gasteiger partial charge in [-0.25, -0.2) is 0 Å². The van der Waals surface area contributed by atoms with Crippen LogP contribution in [0.3, 0.4) is 0 Å². The Morgan fingerprint density at radius 3 is 2.71 bits per heavy atom. The highest BCUT2D eigenvalue weighted by atomic mass is 16.5. The van der Waals surface area contributed by atoms with E-state index in [1.807, 2.05) is 49.4 Å². The number of carbonyl (C=O) groups is 2. The minimum Gasteiger partial charge on any atom is -0.497 e. The molecule has 0 spiro atoms. The molecule has 0 fully saturated rings. The first kappa shape index (κ1) is 21.0. The van der Waals surface area contributed by atoms with Crippen molar-refractivity contribution in [3.63, 3.8) is 0 Å². The molecule has 0 bridgehead atoms. The van der Waals surface area contributed by atoms with Crippen LogP contribution in [-0.2, 0) is 14.3 Å². The number of pyridine rings is 1. The first-order valence-electron chi connectivity index (χ1n) is 10.6. The van der Waals surface area contributed by atoms with Crippen LogP contribution < -0.4 is 4.74 Å². The Morgan fingerprint density at radius 1 is 1.16 bits per heavy atom. The van der Waals surface area contributed by atoms with Crippen LogP contribution in [0.2, 0.25) is 0 Å². The molecule has 0 radical (unpaired) electrons. The maximum Gasteiger partial charge on any atom is 0.315 e. The number of Topliss-reactive ketones (excluding diaryl/α,β-unsaturated/α-hetero) is 1. The number of allylic oxidation sites excluding steroid dienone is 2. The number of esters is 1. The van der Waals surface area contributed by atoms with Crippen molar-refractivity contribution in [1.82, 2.24) is 4.98 Å². The van der Waals surface area contributed by atoms with E-state index in [2.05, 4.69) is 4.98 Å². The van der Waals surface area contributed by atoms with Crippen molar-refractivity contribution in [2.24, 2.45) is 10.9 Å². The number of methoxy groups -OCH3 is 1. The standard InChI is InChI=1S/C25H26N2O4/c1-4-31-25(29)22-15(2)27-20-13-17(16-8-7-9-18(12-16)30-3)14-21(28)23(20)24(22)19-10-5-6-11-26-19/h5-12,17,22,24H,4,13-14H2,1-3H3/t17-,22?,24+/m0/s1. The second-order valence-corrected chi connectivity index (χ2v) is 7.88. The molecule has 2 aromatic rings. The Hall–Kier alpha value is -3.28. The minimum absolute atomic E-state index is 0.00951. The van der Waals surface area contributed by atoms with Gasteiger partial charge in [0.2, 0.25) is 0 Å². The zero-order valence-corrected chi connectivity index (χ0v) is 18.0. The van der Waals surface area contributed by atoms with Gasteiger partial charge in [-0.3, -0.25) is 19.6 Å². The summed E-state index contributed by atoms with van der Waals surface area (Å²) < 4.78 is 10.7. The summed E-state index contributed by atoms with van der Waals surface area (Å²) in [5, 5.41) is 0. The van der Waals surface area contributed by atoms with Crippen LogP contribution in [0.1, 0.15) is 49.8 Å². The zero-order valence-electron chi connectivity index (χ0n) is 18.0. The monoisotopic (exact) mass is 418 g/mol. The van der Waals surface area contributed by atoms with Gasteiger partial charge in [0, 0.05) is 35.3 Å². The second-order valence-electron chi connectivity index (χ2n) is 7.88. The van der Waals surface area contributed by atoms with Crippen LogP contribution in [0.5, 0.6) is 5.75 Å². The highest BCUT2D eigenvalue weighted by molar-refractivity contribution is 6.09. The molecular formula is C25H26N2O4. The van der Waals surface area contributed by atoms with E-state index in [-0.39, 0.29) is 24.3 Å². The maximum atomic E-state index is 13.4. The van der Waals surface area contributed by atoms with Crippen molar-refractivity contribution in [3.05, 3.63) is 71.2 Å². The largest absolute Gasteiger partial charge is 0.497 e. The molecule has 0 saturated carbocycles. The fourth-order valence-electron chi connectivity index (χ4n) is 4.61. The van der Waals surface area contributed by atoms with Gasteiger partial charge in [-0.1, -0.05) is 18.2 Å². The molecule has 31 heavy (non-hydrogen) atoms. The molecule has 3 atom stereocenters. The van der Waals surface area contributed by atoms with Crippen LogP contribution in [0.4, 0.5) is 0 Å². The summed E-state index contributed by atoms with van der Waals surface area (Å²) in [4.78, 5) is 35.5. The number of ketones is 1. The molecule has 1 aliphatic heterocycles. The van der Waals surface area contributed by atoms with E-state index < -0.39 is 11.8 Å². The Bertz CT molecular complexity index is 1060. The number of ether oxygens (including phenoxy) is 2. The molecule has 2 aliphatic rings. The lowest BCUT2D eigenvalue weighted by atomic mass is 9.70. The fraction of sp³-hybridized carbons (Fsp3) is 0.360. The number of hydrogen-bond acceptors (Lipinski definition) is 6. The van der Waals surface area contributed by atoms with Gasteiger partial charge in [-0.15, -0.1) is 0 Å². The highest BCUT2D eigenvalue weighted by Crippen LogP contribution is 2.46. The lowest BCUT2D eigenvalue weighted by molar-refractivity contribution is -0.146. The Kier molecular flexibility index (Phi) is 5.98. The molecule has 160 valence electrons. The molecule has 1 aromatic heterocycles. The molecule has 1 aromatic carbocycles. The van der Waals surface area contributed by atoms with E-state index in [9.17, 15) is 9.59 Å². The number of rotatable bonds is 5. The van der Waals surface area contributed by atoms with Gasteiger partial charge in [0.15, 0.2) is 5.78 Å². The van der Waals surface area contributed by atoms with Gasteiger partial charge in [0.25, 0.3) is 0 Å². The van der Waals surface area contributed by atoms with Gasteiger partial charge in [0.1, 0.15) is 11.7 Å². The van der Waals surface area contributed by atoms with Crippen LogP contribution in [-0.4, -0.2) is 36.2 Å². The fourth-order valence-corrected chi connectivity index (χ4v) is 4.61. The summed E-state index contributed by atoms with van der Waals surface area (Å²) >= 11 is 0. The van der Waals surface area contributed by atoms with Gasteiger partial charge in [-0.2, -0.15) is 0 Å². The van der Waals surface area contributed by atoms with E-state index in [1.165, 1.54) is 0 Å². The van der Waals surface area contributed by atoms with Crippen molar-refractivity contribution in [2.75, 3.05) is 13.7 Å². The Labute approximate surface area is 182 Å². The topological polar surface area (TPSA) is 77.8 Å². The van der Waals surface area contributed by atoms with Crippen molar-refractivity contribution >= 4 is 17.5 Å². The quantitative estimate of drug-likeness (QED) is 0.679. The van der Waals surface area contributed by atoms with Gasteiger partial charge >= 0.3 is 5.97 Å². The number of nitrogens with zero attached hydrogens (tertiary/aromatic N) is 2. The average Bonchev–Trinajstić information content (AvgIpc) is 2.78. The second kappa shape index (κ2) is 8.84. The van der Waals surface area contributed by atoms with Crippen molar-refractivity contribution in [1.29, 1.82) is 0 Å². The summed E-state index contributed by atoms with van der Waals surface area (Å²) in [7, 11) is 1.63.